The van der Waals surface area contributed by atoms with Gasteiger partial charge in [-0.05, 0) is 56.5 Å². The Morgan fingerprint density at radius 3 is 2.22 bits per heavy atom. The average Bonchev–Trinajstić information content (AvgIpc) is 2.20. The van der Waals surface area contributed by atoms with Crippen molar-refractivity contribution in [1.29, 1.82) is 0 Å². The largest absolute Gasteiger partial charge is 0.334 e. The van der Waals surface area contributed by atoms with Crippen LogP contribution in [0.1, 0.15) is 5.56 Å². The molecule has 94 valence electrons. The molecule has 0 bridgehead atoms. The summed E-state index contributed by atoms with van der Waals surface area (Å²) >= 11 is 12.3. The molecule has 0 radical (unpaired) electrons. The fourth-order valence-corrected chi connectivity index (χ4v) is 3.53. The van der Waals surface area contributed by atoms with E-state index >= 15 is 0 Å². The van der Waals surface area contributed by atoms with Crippen molar-refractivity contribution in [2.24, 2.45) is 0 Å². The summed E-state index contributed by atoms with van der Waals surface area (Å²) in [6, 6.07) is 4.79. The van der Waals surface area contributed by atoms with Gasteiger partial charge in [0.25, 0.3) is 5.56 Å². The highest BCUT2D eigenvalue weighted by molar-refractivity contribution is 9.11. The molecular weight excluding hydrogens is 387 g/mol. The molecular formula is C11H7Br2ClN2O2. The van der Waals surface area contributed by atoms with Crippen LogP contribution in [0.15, 0.2) is 36.7 Å². The summed E-state index contributed by atoms with van der Waals surface area (Å²) < 4.78 is 2.30. The molecule has 4 nitrogen and oxygen atoms in total. The molecule has 1 N–H and O–H groups in total. The lowest BCUT2D eigenvalue weighted by molar-refractivity contribution is 0.868. The first-order chi connectivity index (χ1) is 8.40. The third-order valence-electron chi connectivity index (χ3n) is 2.28. The van der Waals surface area contributed by atoms with Crippen LogP contribution >= 0.6 is 43.5 Å². The number of halogens is 3. The highest BCUT2D eigenvalue weighted by atomic mass is 79.9. The number of aromatic amines is 1. The normalized spacial score (nSPS) is 10.7. The Hall–Kier alpha value is -0.850. The van der Waals surface area contributed by atoms with E-state index in [9.17, 15) is 9.59 Å². The maximum atomic E-state index is 11.9. The van der Waals surface area contributed by atoms with Gasteiger partial charge in [-0.2, -0.15) is 0 Å². The lowest BCUT2D eigenvalue weighted by Crippen LogP contribution is -2.33. The number of nitrogens with zero attached hydrogens (tertiary/aromatic N) is 1. The van der Waals surface area contributed by atoms with Crippen LogP contribution in [-0.4, -0.2) is 9.55 Å². The van der Waals surface area contributed by atoms with Crippen molar-refractivity contribution >= 4 is 43.5 Å². The predicted molar refractivity (Wildman–Crippen MR) is 77.8 cm³/mol. The molecule has 2 aromatic rings. The third kappa shape index (κ3) is 2.46. The Morgan fingerprint density at radius 1 is 1.17 bits per heavy atom. The summed E-state index contributed by atoms with van der Waals surface area (Å²) in [6.07, 6.45) is 0. The van der Waals surface area contributed by atoms with Gasteiger partial charge in [-0.3, -0.25) is 9.78 Å². The number of benzene rings is 1. The van der Waals surface area contributed by atoms with Crippen LogP contribution < -0.4 is 11.2 Å². The van der Waals surface area contributed by atoms with E-state index in [2.05, 4.69) is 36.8 Å². The molecule has 18 heavy (non-hydrogen) atoms. The number of aromatic nitrogens is 2. The highest BCUT2D eigenvalue weighted by Gasteiger charge is 2.13. The molecule has 1 aromatic carbocycles. The zero-order chi connectivity index (χ0) is 13.4. The molecule has 0 atom stereocenters. The van der Waals surface area contributed by atoms with Crippen LogP contribution in [0.3, 0.4) is 0 Å². The van der Waals surface area contributed by atoms with Gasteiger partial charge in [0.1, 0.15) is 5.15 Å². The topological polar surface area (TPSA) is 54.9 Å². The maximum Gasteiger partial charge on any atom is 0.334 e. The Morgan fingerprint density at radius 2 is 1.72 bits per heavy atom. The van der Waals surface area contributed by atoms with Crippen molar-refractivity contribution in [3.05, 3.63) is 58.7 Å². The van der Waals surface area contributed by atoms with Crippen molar-refractivity contribution < 1.29 is 0 Å². The van der Waals surface area contributed by atoms with Crippen LogP contribution in [0.4, 0.5) is 0 Å². The highest BCUT2D eigenvalue weighted by Crippen LogP contribution is 2.29. The van der Waals surface area contributed by atoms with Gasteiger partial charge in [0.15, 0.2) is 0 Å². The molecule has 0 fully saturated rings. The fourth-order valence-electron chi connectivity index (χ4n) is 1.58. The molecule has 2 rings (SSSR count). The van der Waals surface area contributed by atoms with Gasteiger partial charge in [-0.1, -0.05) is 11.6 Å². The van der Waals surface area contributed by atoms with E-state index in [1.807, 2.05) is 19.1 Å². The van der Waals surface area contributed by atoms with Crippen LogP contribution in [0.5, 0.6) is 0 Å². The van der Waals surface area contributed by atoms with Crippen molar-refractivity contribution in [3.8, 4) is 5.69 Å². The van der Waals surface area contributed by atoms with Gasteiger partial charge in [0.05, 0.1) is 5.69 Å². The molecule has 0 saturated carbocycles. The summed E-state index contributed by atoms with van der Waals surface area (Å²) in [6.45, 7) is 1.91. The molecule has 0 spiro atoms. The van der Waals surface area contributed by atoms with Gasteiger partial charge < -0.3 is 0 Å². The molecule has 0 aliphatic heterocycles. The van der Waals surface area contributed by atoms with Crippen LogP contribution in [0.25, 0.3) is 5.69 Å². The van der Waals surface area contributed by atoms with Crippen molar-refractivity contribution in [2.75, 3.05) is 0 Å². The van der Waals surface area contributed by atoms with Crippen molar-refractivity contribution in [1.82, 2.24) is 9.55 Å². The van der Waals surface area contributed by atoms with E-state index in [1.165, 1.54) is 0 Å². The van der Waals surface area contributed by atoms with Crippen molar-refractivity contribution in [2.45, 2.75) is 6.92 Å². The van der Waals surface area contributed by atoms with Crippen LogP contribution in [0.2, 0.25) is 5.15 Å². The number of H-pyrrole nitrogens is 1. The SMILES string of the molecule is Cc1cc(Br)c(-n2c(=O)cc(Cl)[nH]c2=O)c(Br)c1. The van der Waals surface area contributed by atoms with Gasteiger partial charge in [0, 0.05) is 15.0 Å². The number of hydrogen-bond donors (Lipinski definition) is 1. The number of nitrogens with one attached hydrogen (secondary N) is 1. The minimum Gasteiger partial charge on any atom is -0.297 e. The second kappa shape index (κ2) is 5.03. The van der Waals surface area contributed by atoms with Crippen LogP contribution in [-0.2, 0) is 0 Å². The van der Waals surface area contributed by atoms with E-state index in [4.69, 9.17) is 11.6 Å². The van der Waals surface area contributed by atoms with Gasteiger partial charge >= 0.3 is 5.69 Å². The summed E-state index contributed by atoms with van der Waals surface area (Å²) in [7, 11) is 0. The quantitative estimate of drug-likeness (QED) is 0.756. The lowest BCUT2D eigenvalue weighted by Gasteiger charge is -2.10. The number of hydrogen-bond acceptors (Lipinski definition) is 2. The first kappa shape index (κ1) is 13.6. The first-order valence-electron chi connectivity index (χ1n) is 4.88. The molecule has 0 saturated heterocycles. The summed E-state index contributed by atoms with van der Waals surface area (Å²) in [5.74, 6) is 0. The van der Waals surface area contributed by atoms with Gasteiger partial charge in [-0.25, -0.2) is 9.36 Å². The maximum absolute atomic E-state index is 11.9. The number of rotatable bonds is 1. The Labute approximate surface area is 124 Å². The Bertz CT molecular complexity index is 682. The summed E-state index contributed by atoms with van der Waals surface area (Å²) in [5.41, 5.74) is 0.367. The zero-order valence-electron chi connectivity index (χ0n) is 9.13. The van der Waals surface area contributed by atoms with E-state index in [-0.39, 0.29) is 5.15 Å². The van der Waals surface area contributed by atoms with Gasteiger partial charge in [0.2, 0.25) is 0 Å². The number of aryl methyl sites for hydroxylation is 1. The second-order valence-corrected chi connectivity index (χ2v) is 5.79. The minimum absolute atomic E-state index is 0.0145. The minimum atomic E-state index is -0.585. The summed E-state index contributed by atoms with van der Waals surface area (Å²) in [4.78, 5) is 26.1. The van der Waals surface area contributed by atoms with Crippen LogP contribution in [0, 0.1) is 6.92 Å². The standard InChI is InChI=1S/C11H7Br2ClN2O2/c1-5-2-6(12)10(7(13)3-5)16-9(17)4-8(14)15-11(16)18/h2-4H,1H3,(H,15,18). The smallest absolute Gasteiger partial charge is 0.297 e. The Balaban J connectivity index is 2.87. The average molecular weight is 394 g/mol. The van der Waals surface area contributed by atoms with Crippen molar-refractivity contribution in [3.63, 3.8) is 0 Å². The Kier molecular flexibility index (Phi) is 3.79. The first-order valence-corrected chi connectivity index (χ1v) is 6.84. The monoisotopic (exact) mass is 392 g/mol. The molecule has 0 amide bonds. The predicted octanol–water partition coefficient (Wildman–Crippen LogP) is 3.01. The summed E-state index contributed by atoms with van der Waals surface area (Å²) in [5, 5.41) is 0.0145. The van der Waals surface area contributed by atoms with E-state index in [1.54, 1.807) is 0 Å². The molecule has 7 heteroatoms. The van der Waals surface area contributed by atoms with E-state index in [0.717, 1.165) is 16.2 Å². The molecule has 0 aliphatic carbocycles. The zero-order valence-corrected chi connectivity index (χ0v) is 13.1. The fraction of sp³-hybridized carbons (Fsp3) is 0.0909. The van der Waals surface area contributed by atoms with Gasteiger partial charge in [-0.15, -0.1) is 0 Å². The lowest BCUT2D eigenvalue weighted by atomic mass is 10.2. The molecule has 0 aliphatic rings. The van der Waals surface area contributed by atoms with E-state index in [0.29, 0.717) is 14.6 Å². The van der Waals surface area contributed by atoms with E-state index < -0.39 is 11.2 Å². The molecule has 1 aromatic heterocycles. The molecule has 1 heterocycles. The third-order valence-corrected chi connectivity index (χ3v) is 3.70. The second-order valence-electron chi connectivity index (χ2n) is 3.67. The molecule has 0 unspecified atom stereocenters.